The van der Waals surface area contributed by atoms with E-state index in [0.717, 1.165) is 32.2 Å². The second-order valence-corrected chi connectivity index (χ2v) is 5.70. The molecule has 1 heterocycles. The number of amides is 1. The van der Waals surface area contributed by atoms with E-state index < -0.39 is 0 Å². The molecule has 2 fully saturated rings. The van der Waals surface area contributed by atoms with E-state index >= 15 is 0 Å². The van der Waals surface area contributed by atoms with Crippen LogP contribution in [0.3, 0.4) is 0 Å². The Morgan fingerprint density at radius 2 is 2.26 bits per heavy atom. The van der Waals surface area contributed by atoms with Crippen molar-refractivity contribution < 1.29 is 14.3 Å². The standard InChI is InChI=1S/C15H23NO3/c1-3-4-5-6-7-16(2)15(18)13-10-12-8-11(13)9-14(17)19-12/h3,11-13H,1,4-10H2,2H3. The topological polar surface area (TPSA) is 46.6 Å². The molecular formula is C15H23NO3. The summed E-state index contributed by atoms with van der Waals surface area (Å²) >= 11 is 0. The summed E-state index contributed by atoms with van der Waals surface area (Å²) < 4.78 is 5.23. The van der Waals surface area contributed by atoms with Gasteiger partial charge >= 0.3 is 5.97 Å². The van der Waals surface area contributed by atoms with Crippen molar-refractivity contribution in [1.82, 2.24) is 4.90 Å². The van der Waals surface area contributed by atoms with E-state index in [-0.39, 0.29) is 29.8 Å². The van der Waals surface area contributed by atoms with Gasteiger partial charge in [0.1, 0.15) is 6.10 Å². The fourth-order valence-corrected chi connectivity index (χ4v) is 3.18. The van der Waals surface area contributed by atoms with Crippen molar-refractivity contribution in [2.75, 3.05) is 13.6 Å². The molecule has 3 atom stereocenters. The predicted molar refractivity (Wildman–Crippen MR) is 72.4 cm³/mol. The molecule has 1 amide bonds. The van der Waals surface area contributed by atoms with Crippen LogP contribution >= 0.6 is 0 Å². The molecule has 2 aliphatic rings. The first-order valence-electron chi connectivity index (χ1n) is 7.17. The first-order chi connectivity index (χ1) is 9.11. The molecule has 0 aromatic heterocycles. The molecule has 4 nitrogen and oxygen atoms in total. The van der Waals surface area contributed by atoms with E-state index in [1.807, 2.05) is 18.0 Å². The largest absolute Gasteiger partial charge is 0.462 e. The second kappa shape index (κ2) is 6.22. The molecule has 106 valence electrons. The predicted octanol–water partition coefficient (Wildman–Crippen LogP) is 2.14. The Bertz CT molecular complexity index is 366. The van der Waals surface area contributed by atoms with Gasteiger partial charge in [-0.05, 0) is 38.0 Å². The van der Waals surface area contributed by atoms with Gasteiger partial charge in [-0.25, -0.2) is 0 Å². The number of hydrogen-bond acceptors (Lipinski definition) is 3. The average molecular weight is 265 g/mol. The Labute approximate surface area is 114 Å². The van der Waals surface area contributed by atoms with Crippen LogP contribution in [0.4, 0.5) is 0 Å². The second-order valence-electron chi connectivity index (χ2n) is 5.70. The highest BCUT2D eigenvalue weighted by molar-refractivity contribution is 5.81. The summed E-state index contributed by atoms with van der Waals surface area (Å²) in [4.78, 5) is 25.6. The van der Waals surface area contributed by atoms with E-state index in [9.17, 15) is 9.59 Å². The zero-order valence-electron chi connectivity index (χ0n) is 11.6. The summed E-state index contributed by atoms with van der Waals surface area (Å²) in [5.41, 5.74) is 0. The van der Waals surface area contributed by atoms with Crippen molar-refractivity contribution in [3.63, 3.8) is 0 Å². The molecule has 0 spiro atoms. The molecule has 4 heteroatoms. The lowest BCUT2D eigenvalue weighted by molar-refractivity contribution is -0.152. The number of carbonyl (C=O) groups excluding carboxylic acids is 2. The lowest BCUT2D eigenvalue weighted by Gasteiger charge is -2.24. The van der Waals surface area contributed by atoms with Gasteiger partial charge in [0.2, 0.25) is 5.91 Å². The minimum Gasteiger partial charge on any atom is -0.462 e. The summed E-state index contributed by atoms with van der Waals surface area (Å²) in [7, 11) is 1.86. The molecule has 0 aromatic rings. The molecule has 1 saturated heterocycles. The van der Waals surface area contributed by atoms with Gasteiger partial charge in [-0.2, -0.15) is 0 Å². The van der Waals surface area contributed by atoms with Crippen LogP contribution in [0.1, 0.15) is 38.5 Å². The van der Waals surface area contributed by atoms with Crippen molar-refractivity contribution in [2.45, 2.75) is 44.6 Å². The van der Waals surface area contributed by atoms with E-state index in [2.05, 4.69) is 6.58 Å². The summed E-state index contributed by atoms with van der Waals surface area (Å²) in [5, 5.41) is 0. The molecule has 2 rings (SSSR count). The lowest BCUT2D eigenvalue weighted by Crippen LogP contribution is -2.35. The summed E-state index contributed by atoms with van der Waals surface area (Å²) in [5.74, 6) is 0.241. The number of esters is 1. The quantitative estimate of drug-likeness (QED) is 0.420. The van der Waals surface area contributed by atoms with Gasteiger partial charge < -0.3 is 9.64 Å². The molecule has 19 heavy (non-hydrogen) atoms. The van der Waals surface area contributed by atoms with Crippen LogP contribution in [0.15, 0.2) is 12.7 Å². The number of rotatable bonds is 6. The van der Waals surface area contributed by atoms with Gasteiger partial charge in [0, 0.05) is 25.9 Å². The summed E-state index contributed by atoms with van der Waals surface area (Å²) in [6.45, 7) is 4.48. The van der Waals surface area contributed by atoms with Gasteiger partial charge in [0.05, 0.1) is 0 Å². The number of unbranched alkanes of at least 4 members (excludes halogenated alkanes) is 2. The highest BCUT2D eigenvalue weighted by Crippen LogP contribution is 2.41. The van der Waals surface area contributed by atoms with E-state index in [1.165, 1.54) is 0 Å². The van der Waals surface area contributed by atoms with Crippen molar-refractivity contribution in [2.24, 2.45) is 11.8 Å². The SMILES string of the molecule is C=CCCCCN(C)C(=O)C1CC2CC1CC(=O)O2. The number of nitrogens with zero attached hydrogens (tertiary/aromatic N) is 1. The smallest absolute Gasteiger partial charge is 0.306 e. The first kappa shape index (κ1) is 14.1. The molecular weight excluding hydrogens is 242 g/mol. The number of fused-ring (bicyclic) bond motifs is 2. The van der Waals surface area contributed by atoms with Crippen LogP contribution in [-0.4, -0.2) is 36.5 Å². The van der Waals surface area contributed by atoms with Gasteiger partial charge in [0.25, 0.3) is 0 Å². The molecule has 1 aliphatic carbocycles. The van der Waals surface area contributed by atoms with E-state index in [4.69, 9.17) is 4.74 Å². The fourth-order valence-electron chi connectivity index (χ4n) is 3.18. The maximum Gasteiger partial charge on any atom is 0.306 e. The van der Waals surface area contributed by atoms with Crippen molar-refractivity contribution in [3.8, 4) is 0 Å². The Morgan fingerprint density at radius 3 is 3.00 bits per heavy atom. The highest BCUT2D eigenvalue weighted by Gasteiger charge is 2.45. The molecule has 2 bridgehead atoms. The van der Waals surface area contributed by atoms with Crippen LogP contribution in [-0.2, 0) is 14.3 Å². The number of ether oxygens (including phenoxy) is 1. The first-order valence-corrected chi connectivity index (χ1v) is 7.17. The Hall–Kier alpha value is -1.32. The third-order valence-corrected chi connectivity index (χ3v) is 4.22. The lowest BCUT2D eigenvalue weighted by atomic mass is 9.91. The van der Waals surface area contributed by atoms with E-state index in [0.29, 0.717) is 12.8 Å². The zero-order chi connectivity index (χ0) is 13.8. The maximum absolute atomic E-state index is 12.4. The molecule has 1 aliphatic heterocycles. The molecule has 0 radical (unpaired) electrons. The zero-order valence-corrected chi connectivity index (χ0v) is 11.6. The van der Waals surface area contributed by atoms with Crippen molar-refractivity contribution in [3.05, 3.63) is 12.7 Å². The number of carbonyl (C=O) groups is 2. The van der Waals surface area contributed by atoms with Crippen LogP contribution in [0.2, 0.25) is 0 Å². The van der Waals surface area contributed by atoms with Gasteiger partial charge in [0.15, 0.2) is 0 Å². The molecule has 0 aromatic carbocycles. The van der Waals surface area contributed by atoms with Gasteiger partial charge in [-0.3, -0.25) is 9.59 Å². The summed E-state index contributed by atoms with van der Waals surface area (Å²) in [6.07, 6.45) is 6.96. The normalized spacial score (nSPS) is 28.9. The maximum atomic E-state index is 12.4. The minimum absolute atomic E-state index is 0.0131. The monoisotopic (exact) mass is 265 g/mol. The molecule has 0 N–H and O–H groups in total. The third kappa shape index (κ3) is 3.37. The van der Waals surface area contributed by atoms with Crippen molar-refractivity contribution in [1.29, 1.82) is 0 Å². The van der Waals surface area contributed by atoms with Gasteiger partial charge in [-0.15, -0.1) is 6.58 Å². The number of allylic oxidation sites excluding steroid dienone is 1. The van der Waals surface area contributed by atoms with E-state index in [1.54, 1.807) is 0 Å². The average Bonchev–Trinajstić information content (AvgIpc) is 2.68. The fraction of sp³-hybridized carbons (Fsp3) is 0.733. The Morgan fingerprint density at radius 1 is 1.47 bits per heavy atom. The third-order valence-electron chi connectivity index (χ3n) is 4.22. The summed E-state index contributed by atoms with van der Waals surface area (Å²) in [6, 6.07) is 0. The number of hydrogen-bond donors (Lipinski definition) is 0. The van der Waals surface area contributed by atoms with Crippen LogP contribution in [0.5, 0.6) is 0 Å². The molecule has 3 unspecified atom stereocenters. The van der Waals surface area contributed by atoms with Crippen LogP contribution < -0.4 is 0 Å². The van der Waals surface area contributed by atoms with Gasteiger partial charge in [-0.1, -0.05) is 6.08 Å². The molecule has 1 saturated carbocycles. The van der Waals surface area contributed by atoms with Crippen LogP contribution in [0, 0.1) is 11.8 Å². The highest BCUT2D eigenvalue weighted by atomic mass is 16.5. The Kier molecular flexibility index (Phi) is 4.61. The van der Waals surface area contributed by atoms with Crippen LogP contribution in [0.25, 0.3) is 0 Å². The minimum atomic E-state index is -0.134. The Balaban J connectivity index is 1.82. The van der Waals surface area contributed by atoms with Crippen molar-refractivity contribution >= 4 is 11.9 Å².